The highest BCUT2D eigenvalue weighted by atomic mass is 79.9. The number of anilines is 1. The van der Waals surface area contributed by atoms with Gasteiger partial charge in [0.25, 0.3) is 0 Å². The van der Waals surface area contributed by atoms with Gasteiger partial charge in [-0.2, -0.15) is 0 Å². The molecular formula is C14H18BrNO2. The lowest BCUT2D eigenvalue weighted by Crippen LogP contribution is -2.46. The Kier molecular flexibility index (Phi) is 3.95. The van der Waals surface area contributed by atoms with E-state index < -0.39 is 0 Å². The minimum Gasteiger partial charge on any atom is -0.497 e. The van der Waals surface area contributed by atoms with Crippen LogP contribution in [0.1, 0.15) is 20.3 Å². The average molecular weight is 312 g/mol. The summed E-state index contributed by atoms with van der Waals surface area (Å²) in [5.41, 5.74) is 1.10. The molecule has 0 spiro atoms. The highest BCUT2D eigenvalue weighted by molar-refractivity contribution is 9.10. The quantitative estimate of drug-likeness (QED) is 0.839. The van der Waals surface area contributed by atoms with Crippen LogP contribution in [0.4, 0.5) is 5.69 Å². The van der Waals surface area contributed by atoms with Gasteiger partial charge in [0.2, 0.25) is 0 Å². The third kappa shape index (κ3) is 2.53. The maximum atomic E-state index is 11.7. The molecule has 2 unspecified atom stereocenters. The van der Waals surface area contributed by atoms with Crippen LogP contribution in [0, 0.1) is 5.92 Å². The molecule has 0 N–H and O–H groups in total. The SMILES string of the molecule is COc1cc(Br)cc(N2CCC(=O)C(C)C2C)c1. The summed E-state index contributed by atoms with van der Waals surface area (Å²) in [5, 5.41) is 0. The summed E-state index contributed by atoms with van der Waals surface area (Å²) in [7, 11) is 1.66. The standard InChI is InChI=1S/C14H18BrNO2/c1-9-10(2)16(5-4-14(9)17)12-6-11(15)7-13(8-12)18-3/h6-10H,4-5H2,1-3H3. The Morgan fingerprint density at radius 2 is 2.06 bits per heavy atom. The van der Waals surface area contributed by atoms with Crippen molar-refractivity contribution < 1.29 is 9.53 Å². The Morgan fingerprint density at radius 1 is 1.33 bits per heavy atom. The molecular weight excluding hydrogens is 294 g/mol. The summed E-state index contributed by atoms with van der Waals surface area (Å²) in [4.78, 5) is 14.0. The second-order valence-electron chi connectivity index (χ2n) is 4.79. The highest BCUT2D eigenvalue weighted by Crippen LogP contribution is 2.32. The van der Waals surface area contributed by atoms with Gasteiger partial charge in [0.1, 0.15) is 11.5 Å². The van der Waals surface area contributed by atoms with E-state index in [-0.39, 0.29) is 12.0 Å². The normalized spacial score (nSPS) is 24.2. The molecule has 4 heteroatoms. The van der Waals surface area contributed by atoms with E-state index in [2.05, 4.69) is 33.8 Å². The molecule has 3 nitrogen and oxygen atoms in total. The second kappa shape index (κ2) is 5.31. The van der Waals surface area contributed by atoms with E-state index in [1.165, 1.54) is 0 Å². The first kappa shape index (κ1) is 13.4. The Hall–Kier alpha value is -1.03. The molecule has 2 rings (SSSR count). The van der Waals surface area contributed by atoms with Gasteiger partial charge in [0.05, 0.1) is 7.11 Å². The number of carbonyl (C=O) groups excluding carboxylic acids is 1. The number of hydrogen-bond donors (Lipinski definition) is 0. The topological polar surface area (TPSA) is 29.5 Å². The Bertz CT molecular complexity index is 461. The van der Waals surface area contributed by atoms with E-state index in [4.69, 9.17) is 4.74 Å². The molecule has 0 aromatic heterocycles. The van der Waals surface area contributed by atoms with Crippen LogP contribution in [0.25, 0.3) is 0 Å². The van der Waals surface area contributed by atoms with Crippen LogP contribution in [0.2, 0.25) is 0 Å². The molecule has 0 aliphatic carbocycles. The first-order valence-electron chi connectivity index (χ1n) is 6.17. The van der Waals surface area contributed by atoms with E-state index >= 15 is 0 Å². The van der Waals surface area contributed by atoms with Gasteiger partial charge >= 0.3 is 0 Å². The summed E-state index contributed by atoms with van der Waals surface area (Å²) >= 11 is 3.49. The molecule has 0 amide bonds. The van der Waals surface area contributed by atoms with Crippen molar-refractivity contribution in [3.63, 3.8) is 0 Å². The molecule has 1 heterocycles. The molecule has 0 radical (unpaired) electrons. The maximum Gasteiger partial charge on any atom is 0.139 e. The van der Waals surface area contributed by atoms with Gasteiger partial charge in [-0.1, -0.05) is 22.9 Å². The van der Waals surface area contributed by atoms with Crippen molar-refractivity contribution in [2.24, 2.45) is 5.92 Å². The molecule has 1 aliphatic rings. The van der Waals surface area contributed by atoms with E-state index in [0.29, 0.717) is 12.2 Å². The molecule has 1 aromatic rings. The first-order valence-corrected chi connectivity index (χ1v) is 6.96. The number of halogens is 1. The van der Waals surface area contributed by atoms with Crippen LogP contribution >= 0.6 is 15.9 Å². The van der Waals surface area contributed by atoms with Gasteiger partial charge in [-0.05, 0) is 19.1 Å². The number of ether oxygens (including phenoxy) is 1. The second-order valence-corrected chi connectivity index (χ2v) is 5.70. The Morgan fingerprint density at radius 3 is 2.72 bits per heavy atom. The van der Waals surface area contributed by atoms with Crippen molar-refractivity contribution in [3.05, 3.63) is 22.7 Å². The zero-order valence-electron chi connectivity index (χ0n) is 10.9. The number of rotatable bonds is 2. The van der Waals surface area contributed by atoms with Crippen LogP contribution in [-0.2, 0) is 4.79 Å². The number of hydrogen-bond acceptors (Lipinski definition) is 3. The Labute approximate surface area is 116 Å². The van der Waals surface area contributed by atoms with Crippen molar-refractivity contribution in [2.45, 2.75) is 26.3 Å². The van der Waals surface area contributed by atoms with Crippen LogP contribution < -0.4 is 9.64 Å². The molecule has 98 valence electrons. The van der Waals surface area contributed by atoms with Crippen LogP contribution in [0.3, 0.4) is 0 Å². The molecule has 2 atom stereocenters. The van der Waals surface area contributed by atoms with Gasteiger partial charge in [0.15, 0.2) is 0 Å². The first-order chi connectivity index (χ1) is 8.52. The fourth-order valence-electron chi connectivity index (χ4n) is 2.40. The summed E-state index contributed by atoms with van der Waals surface area (Å²) in [6.45, 7) is 4.90. The van der Waals surface area contributed by atoms with Crippen molar-refractivity contribution >= 4 is 27.4 Å². The lowest BCUT2D eigenvalue weighted by atomic mass is 9.90. The minimum absolute atomic E-state index is 0.0868. The summed E-state index contributed by atoms with van der Waals surface area (Å²) in [6.07, 6.45) is 0.625. The zero-order valence-corrected chi connectivity index (χ0v) is 12.5. The lowest BCUT2D eigenvalue weighted by Gasteiger charge is -2.38. The fourth-order valence-corrected chi connectivity index (χ4v) is 2.86. The smallest absolute Gasteiger partial charge is 0.139 e. The van der Waals surface area contributed by atoms with E-state index in [1.54, 1.807) is 7.11 Å². The van der Waals surface area contributed by atoms with E-state index in [1.807, 2.05) is 19.1 Å². The van der Waals surface area contributed by atoms with Gasteiger partial charge in [-0.15, -0.1) is 0 Å². The predicted molar refractivity (Wildman–Crippen MR) is 76.3 cm³/mol. The third-order valence-corrected chi connectivity index (χ3v) is 4.20. The molecule has 0 bridgehead atoms. The molecule has 1 saturated heterocycles. The average Bonchev–Trinajstić information content (AvgIpc) is 2.35. The zero-order chi connectivity index (χ0) is 13.3. The number of ketones is 1. The van der Waals surface area contributed by atoms with Gasteiger partial charge in [-0.25, -0.2) is 0 Å². The van der Waals surface area contributed by atoms with Crippen molar-refractivity contribution in [1.82, 2.24) is 0 Å². The van der Waals surface area contributed by atoms with E-state index in [0.717, 1.165) is 22.5 Å². The predicted octanol–water partition coefficient (Wildman–Crippen LogP) is 3.26. The Balaban J connectivity index is 2.31. The van der Waals surface area contributed by atoms with Gasteiger partial charge in [0, 0.05) is 41.2 Å². The summed E-state index contributed by atoms with van der Waals surface area (Å²) in [5.74, 6) is 1.28. The number of carbonyl (C=O) groups is 1. The number of Topliss-reactive ketones (excluding diaryl/α,β-unsaturated/α-hetero) is 1. The number of methoxy groups -OCH3 is 1. The third-order valence-electron chi connectivity index (χ3n) is 3.75. The largest absolute Gasteiger partial charge is 0.497 e. The van der Waals surface area contributed by atoms with Crippen molar-refractivity contribution in [3.8, 4) is 5.75 Å². The van der Waals surface area contributed by atoms with Crippen LogP contribution in [0.15, 0.2) is 22.7 Å². The van der Waals surface area contributed by atoms with Crippen molar-refractivity contribution in [2.75, 3.05) is 18.6 Å². The molecule has 0 saturated carbocycles. The lowest BCUT2D eigenvalue weighted by molar-refractivity contribution is -0.123. The molecule has 1 aromatic carbocycles. The summed E-state index contributed by atoms with van der Waals surface area (Å²) in [6, 6.07) is 6.25. The fraction of sp³-hybridized carbons (Fsp3) is 0.500. The number of piperidine rings is 1. The molecule has 1 fully saturated rings. The van der Waals surface area contributed by atoms with E-state index in [9.17, 15) is 4.79 Å². The summed E-state index contributed by atoms with van der Waals surface area (Å²) < 4.78 is 6.28. The van der Waals surface area contributed by atoms with Gasteiger partial charge in [-0.3, -0.25) is 4.79 Å². The monoisotopic (exact) mass is 311 g/mol. The minimum atomic E-state index is 0.0868. The van der Waals surface area contributed by atoms with Crippen LogP contribution in [0.5, 0.6) is 5.75 Å². The number of benzene rings is 1. The molecule has 18 heavy (non-hydrogen) atoms. The highest BCUT2D eigenvalue weighted by Gasteiger charge is 2.31. The van der Waals surface area contributed by atoms with Crippen LogP contribution in [-0.4, -0.2) is 25.5 Å². The maximum absolute atomic E-state index is 11.7. The number of nitrogens with zero attached hydrogens (tertiary/aromatic N) is 1. The van der Waals surface area contributed by atoms with Crippen molar-refractivity contribution in [1.29, 1.82) is 0 Å². The molecule has 1 aliphatic heterocycles. The van der Waals surface area contributed by atoms with Gasteiger partial charge < -0.3 is 9.64 Å².